The van der Waals surface area contributed by atoms with Crippen LogP contribution in [0.4, 0.5) is 0 Å². The molecule has 4 aromatic rings. The molecule has 2 aromatic heterocycles. The third-order valence-electron chi connectivity index (χ3n) is 4.03. The normalized spacial score (nSPS) is 11.7. The first-order valence-electron chi connectivity index (χ1n) is 7.70. The van der Waals surface area contributed by atoms with Crippen molar-refractivity contribution in [3.8, 4) is 22.5 Å². The second-order valence-electron chi connectivity index (χ2n) is 5.67. The number of nitrogens with two attached hydrogens (primary N) is 1. The van der Waals surface area contributed by atoms with E-state index in [0.717, 1.165) is 28.2 Å². The molecule has 0 radical (unpaired) electrons. The van der Waals surface area contributed by atoms with Crippen molar-refractivity contribution in [1.82, 2.24) is 9.38 Å². The Morgan fingerprint density at radius 2 is 1.48 bits per heavy atom. The quantitative estimate of drug-likeness (QED) is 0.616. The van der Waals surface area contributed by atoms with E-state index in [9.17, 15) is 8.42 Å². The largest absolute Gasteiger partial charge is 0.299 e. The second kappa shape index (κ2) is 5.84. The van der Waals surface area contributed by atoms with Gasteiger partial charge in [0.25, 0.3) is 0 Å². The van der Waals surface area contributed by atoms with Crippen LogP contribution in [0.2, 0.25) is 0 Å². The van der Waals surface area contributed by atoms with Gasteiger partial charge in [-0.3, -0.25) is 4.40 Å². The molecule has 25 heavy (non-hydrogen) atoms. The molecule has 124 valence electrons. The number of pyridine rings is 1. The summed E-state index contributed by atoms with van der Waals surface area (Å²) in [5.74, 6) is 0. The maximum absolute atomic E-state index is 11.5. The molecule has 0 aliphatic rings. The fourth-order valence-electron chi connectivity index (χ4n) is 2.87. The van der Waals surface area contributed by atoms with Crippen LogP contribution in [0.3, 0.4) is 0 Å². The van der Waals surface area contributed by atoms with Gasteiger partial charge in [-0.15, -0.1) is 0 Å². The Balaban J connectivity index is 1.97. The van der Waals surface area contributed by atoms with E-state index in [0.29, 0.717) is 0 Å². The van der Waals surface area contributed by atoms with Crippen LogP contribution < -0.4 is 5.14 Å². The van der Waals surface area contributed by atoms with Gasteiger partial charge in [0.1, 0.15) is 5.65 Å². The zero-order valence-corrected chi connectivity index (χ0v) is 14.0. The molecule has 5 nitrogen and oxygen atoms in total. The molecule has 6 heteroatoms. The van der Waals surface area contributed by atoms with Crippen LogP contribution in [0.15, 0.2) is 83.9 Å². The fraction of sp³-hybridized carbons (Fsp3) is 0. The van der Waals surface area contributed by atoms with E-state index in [2.05, 4.69) is 0 Å². The molecule has 0 bridgehead atoms. The Hall–Kier alpha value is -2.96. The van der Waals surface area contributed by atoms with Gasteiger partial charge in [-0.2, -0.15) is 0 Å². The Morgan fingerprint density at radius 3 is 2.16 bits per heavy atom. The number of hydrogen-bond acceptors (Lipinski definition) is 3. The molecule has 0 saturated carbocycles. The van der Waals surface area contributed by atoms with Gasteiger partial charge in [-0.25, -0.2) is 18.5 Å². The van der Waals surface area contributed by atoms with Crippen molar-refractivity contribution in [3.05, 3.63) is 79.0 Å². The maximum atomic E-state index is 11.5. The van der Waals surface area contributed by atoms with Crippen molar-refractivity contribution in [2.45, 2.75) is 4.90 Å². The molecule has 4 rings (SSSR count). The summed E-state index contributed by atoms with van der Waals surface area (Å²) in [6.07, 6.45) is 1.94. The monoisotopic (exact) mass is 349 g/mol. The van der Waals surface area contributed by atoms with Crippen LogP contribution in [0.5, 0.6) is 0 Å². The smallest absolute Gasteiger partial charge is 0.238 e. The lowest BCUT2D eigenvalue weighted by molar-refractivity contribution is 0.598. The average Bonchev–Trinajstić information content (AvgIpc) is 3.01. The predicted molar refractivity (Wildman–Crippen MR) is 97.4 cm³/mol. The van der Waals surface area contributed by atoms with Gasteiger partial charge in [0.05, 0.1) is 16.3 Å². The van der Waals surface area contributed by atoms with Crippen molar-refractivity contribution in [3.63, 3.8) is 0 Å². The number of fused-ring (bicyclic) bond motifs is 1. The van der Waals surface area contributed by atoms with Crippen molar-refractivity contribution < 1.29 is 8.42 Å². The molecule has 0 unspecified atom stereocenters. The lowest BCUT2D eigenvalue weighted by Gasteiger charge is -2.07. The van der Waals surface area contributed by atoms with Crippen molar-refractivity contribution in [2.24, 2.45) is 5.14 Å². The minimum Gasteiger partial charge on any atom is -0.299 e. The summed E-state index contributed by atoms with van der Waals surface area (Å²) in [4.78, 5) is 4.84. The second-order valence-corrected chi connectivity index (χ2v) is 7.23. The fourth-order valence-corrected chi connectivity index (χ4v) is 3.39. The molecule has 0 fully saturated rings. The van der Waals surface area contributed by atoms with E-state index in [1.165, 1.54) is 12.1 Å². The topological polar surface area (TPSA) is 77.5 Å². The first-order chi connectivity index (χ1) is 12.0. The van der Waals surface area contributed by atoms with Gasteiger partial charge in [0.2, 0.25) is 10.0 Å². The van der Waals surface area contributed by atoms with Crippen molar-refractivity contribution >= 4 is 15.7 Å². The maximum Gasteiger partial charge on any atom is 0.238 e. The Kier molecular flexibility index (Phi) is 3.63. The van der Waals surface area contributed by atoms with Crippen LogP contribution in [-0.4, -0.2) is 17.8 Å². The molecular weight excluding hydrogens is 334 g/mol. The summed E-state index contributed by atoms with van der Waals surface area (Å²) in [6, 6.07) is 22.2. The number of imidazole rings is 1. The molecular formula is C19H15N3O2S. The molecule has 2 aromatic carbocycles. The Labute approximate surface area is 145 Å². The summed E-state index contributed by atoms with van der Waals surface area (Å²) in [5, 5.41) is 5.19. The minimum absolute atomic E-state index is 0.0892. The minimum atomic E-state index is -3.72. The molecule has 0 aliphatic heterocycles. The van der Waals surface area contributed by atoms with Crippen LogP contribution in [0, 0.1) is 0 Å². The standard InChI is InChI=1S/C19H15N3O2S/c20-25(23,24)16-11-9-15(10-12-16)19-18(14-6-2-1-3-7-14)21-17-8-4-5-13-22(17)19/h1-13H,(H2,20,23,24). The third-order valence-corrected chi connectivity index (χ3v) is 4.96. The van der Waals surface area contributed by atoms with Gasteiger partial charge in [-0.05, 0) is 24.3 Å². The summed E-state index contributed by atoms with van der Waals surface area (Å²) in [7, 11) is -3.72. The number of sulfonamides is 1. The number of primary sulfonamides is 1. The molecule has 0 spiro atoms. The molecule has 2 N–H and O–H groups in total. The lowest BCUT2D eigenvalue weighted by atomic mass is 10.1. The van der Waals surface area contributed by atoms with Gasteiger partial charge >= 0.3 is 0 Å². The molecule has 0 amide bonds. The zero-order chi connectivity index (χ0) is 17.4. The molecule has 0 saturated heterocycles. The van der Waals surface area contributed by atoms with Crippen LogP contribution in [0.1, 0.15) is 0 Å². The molecule has 0 atom stereocenters. The first-order valence-corrected chi connectivity index (χ1v) is 9.24. The van der Waals surface area contributed by atoms with E-state index < -0.39 is 10.0 Å². The van der Waals surface area contributed by atoms with Crippen LogP contribution in [0.25, 0.3) is 28.2 Å². The Bertz CT molecular complexity index is 1150. The zero-order valence-electron chi connectivity index (χ0n) is 13.2. The highest BCUT2D eigenvalue weighted by Gasteiger charge is 2.16. The van der Waals surface area contributed by atoms with Crippen LogP contribution >= 0.6 is 0 Å². The number of nitrogens with zero attached hydrogens (tertiary/aromatic N) is 2. The highest BCUT2D eigenvalue weighted by Crippen LogP contribution is 2.33. The van der Waals surface area contributed by atoms with Crippen molar-refractivity contribution in [2.75, 3.05) is 0 Å². The third kappa shape index (κ3) is 2.82. The van der Waals surface area contributed by atoms with E-state index in [1.54, 1.807) is 12.1 Å². The van der Waals surface area contributed by atoms with Gasteiger partial charge < -0.3 is 0 Å². The summed E-state index contributed by atoms with van der Waals surface area (Å²) >= 11 is 0. The van der Waals surface area contributed by atoms with Gasteiger partial charge in [0.15, 0.2) is 0 Å². The summed E-state index contributed by atoms with van der Waals surface area (Å²) < 4.78 is 25.0. The number of benzene rings is 2. The predicted octanol–water partition coefficient (Wildman–Crippen LogP) is 3.32. The van der Waals surface area contributed by atoms with Crippen LogP contribution in [-0.2, 0) is 10.0 Å². The number of rotatable bonds is 3. The first kappa shape index (κ1) is 15.6. The van der Waals surface area contributed by atoms with E-state index >= 15 is 0 Å². The summed E-state index contributed by atoms with van der Waals surface area (Å²) in [6.45, 7) is 0. The SMILES string of the molecule is NS(=O)(=O)c1ccc(-c2c(-c3ccccc3)nc3ccccn23)cc1. The molecule has 0 aliphatic carbocycles. The van der Waals surface area contributed by atoms with E-state index in [1.807, 2.05) is 59.1 Å². The highest BCUT2D eigenvalue weighted by atomic mass is 32.2. The summed E-state index contributed by atoms with van der Waals surface area (Å²) in [5.41, 5.74) is 4.44. The lowest BCUT2D eigenvalue weighted by Crippen LogP contribution is -2.11. The van der Waals surface area contributed by atoms with E-state index in [-0.39, 0.29) is 4.90 Å². The van der Waals surface area contributed by atoms with Crippen molar-refractivity contribution in [1.29, 1.82) is 0 Å². The van der Waals surface area contributed by atoms with Gasteiger partial charge in [0, 0.05) is 17.3 Å². The van der Waals surface area contributed by atoms with E-state index in [4.69, 9.17) is 10.1 Å². The van der Waals surface area contributed by atoms with Gasteiger partial charge in [-0.1, -0.05) is 48.5 Å². The Morgan fingerprint density at radius 1 is 0.800 bits per heavy atom. The average molecular weight is 349 g/mol. The number of hydrogen-bond donors (Lipinski definition) is 1. The number of aromatic nitrogens is 2. The molecule has 2 heterocycles. The highest BCUT2D eigenvalue weighted by molar-refractivity contribution is 7.89.